The van der Waals surface area contributed by atoms with E-state index in [1.54, 1.807) is 30.3 Å². The SMILES string of the molecule is O=C(O)c1ccc(NC(=O)N2C3CC(OCc4c(-c5c(Cl)cccc5Cl)noc4C4CC4)CC2C3)cc1-c1ccccc1. The van der Waals surface area contributed by atoms with Crippen LogP contribution in [0.4, 0.5) is 10.5 Å². The van der Waals surface area contributed by atoms with E-state index in [2.05, 4.69) is 10.5 Å². The number of rotatable bonds is 8. The normalized spacial score (nSPS) is 20.9. The lowest BCUT2D eigenvalue weighted by Crippen LogP contribution is -2.65. The summed E-state index contributed by atoms with van der Waals surface area (Å²) in [5.74, 6) is 0.168. The minimum absolute atomic E-state index is 0.0103. The highest BCUT2D eigenvalue weighted by atomic mass is 35.5. The van der Waals surface area contributed by atoms with Gasteiger partial charge >= 0.3 is 12.0 Å². The molecule has 2 N–H and O–H groups in total. The number of halogens is 2. The van der Waals surface area contributed by atoms with Crippen LogP contribution in [0.25, 0.3) is 22.4 Å². The molecule has 2 unspecified atom stereocenters. The van der Waals surface area contributed by atoms with Crippen LogP contribution in [-0.2, 0) is 11.3 Å². The molecule has 3 heterocycles. The highest BCUT2D eigenvalue weighted by Crippen LogP contribution is 2.47. The largest absolute Gasteiger partial charge is 0.478 e. The first kappa shape index (κ1) is 28.0. The minimum Gasteiger partial charge on any atom is -0.478 e. The van der Waals surface area contributed by atoms with Crippen molar-refractivity contribution in [2.24, 2.45) is 0 Å². The second kappa shape index (κ2) is 11.3. The quantitative estimate of drug-likeness (QED) is 0.206. The molecule has 3 aromatic carbocycles. The monoisotopic (exact) mass is 617 g/mol. The molecular weight excluding hydrogens is 589 g/mol. The standard InChI is InChI=1S/C33H29Cl2N3O5/c34-27-7-4-8-28(35)29(27)30-26(31(43-37-30)19-9-10-19)17-42-23-15-21-14-22(16-23)38(21)33(41)36-20-11-12-24(32(39)40)25(13-20)18-5-2-1-3-6-18/h1-8,11-13,19,21-23H,9-10,14-17H2,(H,36,41)(H,39,40). The lowest BCUT2D eigenvalue weighted by Gasteiger charge is -2.54. The molecule has 10 heteroatoms. The van der Waals surface area contributed by atoms with Crippen LogP contribution in [0.3, 0.4) is 0 Å². The lowest BCUT2D eigenvalue weighted by atomic mass is 9.78. The van der Waals surface area contributed by atoms with Gasteiger partial charge in [-0.15, -0.1) is 0 Å². The maximum atomic E-state index is 13.3. The summed E-state index contributed by atoms with van der Waals surface area (Å²) in [6.07, 6.45) is 4.49. The van der Waals surface area contributed by atoms with Crippen molar-refractivity contribution in [1.29, 1.82) is 0 Å². The Labute approximate surface area is 258 Å². The zero-order valence-electron chi connectivity index (χ0n) is 23.1. The molecule has 2 atom stereocenters. The summed E-state index contributed by atoms with van der Waals surface area (Å²) >= 11 is 13.0. The molecule has 0 radical (unpaired) electrons. The van der Waals surface area contributed by atoms with Crippen LogP contribution in [0.1, 0.15) is 59.7 Å². The molecule has 8 rings (SSSR count). The summed E-state index contributed by atoms with van der Waals surface area (Å²) in [6, 6.07) is 19.5. The molecule has 2 amide bonds. The van der Waals surface area contributed by atoms with Crippen molar-refractivity contribution in [3.8, 4) is 22.4 Å². The van der Waals surface area contributed by atoms with Crippen LogP contribution in [0.2, 0.25) is 10.0 Å². The number of urea groups is 1. The number of carboxylic acids is 1. The Balaban J connectivity index is 1.02. The Bertz CT molecular complexity index is 1670. The van der Waals surface area contributed by atoms with Gasteiger partial charge in [0.25, 0.3) is 0 Å². The third kappa shape index (κ3) is 5.39. The van der Waals surface area contributed by atoms with Crippen molar-refractivity contribution in [3.05, 3.63) is 93.7 Å². The molecule has 2 saturated carbocycles. The molecule has 2 saturated heterocycles. The third-order valence-electron chi connectivity index (χ3n) is 8.65. The molecule has 0 spiro atoms. The number of aromatic carboxylic acids is 1. The molecule has 4 aromatic rings. The van der Waals surface area contributed by atoms with E-state index >= 15 is 0 Å². The highest BCUT2D eigenvalue weighted by molar-refractivity contribution is 6.39. The lowest BCUT2D eigenvalue weighted by molar-refractivity contribution is -0.0837. The van der Waals surface area contributed by atoms with E-state index in [9.17, 15) is 14.7 Å². The molecule has 43 heavy (non-hydrogen) atoms. The number of ether oxygens (including phenoxy) is 1. The maximum absolute atomic E-state index is 13.3. The van der Waals surface area contributed by atoms with Crippen LogP contribution in [0.5, 0.6) is 0 Å². The Morgan fingerprint density at radius 1 is 0.977 bits per heavy atom. The average molecular weight is 619 g/mol. The van der Waals surface area contributed by atoms with Gasteiger partial charge in [0, 0.05) is 34.8 Å². The van der Waals surface area contributed by atoms with Gasteiger partial charge < -0.3 is 24.6 Å². The van der Waals surface area contributed by atoms with E-state index in [1.807, 2.05) is 35.2 Å². The number of piperidine rings is 1. The average Bonchev–Trinajstić information content (AvgIpc) is 3.76. The Morgan fingerprint density at radius 3 is 2.37 bits per heavy atom. The van der Waals surface area contributed by atoms with Gasteiger partial charge in [-0.2, -0.15) is 0 Å². The van der Waals surface area contributed by atoms with Gasteiger partial charge in [0.1, 0.15) is 11.5 Å². The Morgan fingerprint density at radius 2 is 1.70 bits per heavy atom. The summed E-state index contributed by atoms with van der Waals surface area (Å²) in [5, 5.41) is 18.1. The van der Waals surface area contributed by atoms with E-state index in [0.29, 0.717) is 45.1 Å². The highest BCUT2D eigenvalue weighted by Gasteiger charge is 2.48. The number of nitrogens with zero attached hydrogens (tertiary/aromatic N) is 2. The van der Waals surface area contributed by atoms with Crippen molar-refractivity contribution in [3.63, 3.8) is 0 Å². The van der Waals surface area contributed by atoms with Crippen molar-refractivity contribution >= 4 is 40.9 Å². The second-order valence-corrected chi connectivity index (χ2v) is 12.3. The number of nitrogens with one attached hydrogen (secondary N) is 1. The summed E-state index contributed by atoms with van der Waals surface area (Å²) in [5.41, 5.74) is 4.24. The first-order valence-electron chi connectivity index (χ1n) is 14.4. The molecule has 8 nitrogen and oxygen atoms in total. The summed E-state index contributed by atoms with van der Waals surface area (Å²) in [6.45, 7) is 0.334. The van der Waals surface area contributed by atoms with Crippen LogP contribution >= 0.6 is 23.2 Å². The molecule has 2 bridgehead atoms. The van der Waals surface area contributed by atoms with Crippen LogP contribution in [0, 0.1) is 0 Å². The van der Waals surface area contributed by atoms with Gasteiger partial charge in [-0.05, 0) is 73.6 Å². The summed E-state index contributed by atoms with van der Waals surface area (Å²) in [7, 11) is 0. The zero-order chi connectivity index (χ0) is 29.7. The van der Waals surface area contributed by atoms with E-state index in [-0.39, 0.29) is 29.8 Å². The molecule has 4 aliphatic rings. The van der Waals surface area contributed by atoms with Crippen molar-refractivity contribution in [2.75, 3.05) is 5.32 Å². The molecule has 2 aliphatic heterocycles. The Kier molecular flexibility index (Phi) is 7.37. The first-order valence-corrected chi connectivity index (χ1v) is 15.2. The van der Waals surface area contributed by atoms with Gasteiger partial charge in [0.2, 0.25) is 0 Å². The third-order valence-corrected chi connectivity index (χ3v) is 9.28. The number of anilines is 1. The number of hydrogen-bond donors (Lipinski definition) is 2. The number of amides is 2. The van der Waals surface area contributed by atoms with E-state index in [4.69, 9.17) is 32.5 Å². The van der Waals surface area contributed by atoms with Crippen molar-refractivity contribution < 1.29 is 24.0 Å². The predicted octanol–water partition coefficient (Wildman–Crippen LogP) is 8.25. The number of aromatic nitrogens is 1. The van der Waals surface area contributed by atoms with Crippen LogP contribution in [0.15, 0.2) is 71.3 Å². The number of carbonyl (C=O) groups excluding carboxylic acids is 1. The summed E-state index contributed by atoms with van der Waals surface area (Å²) < 4.78 is 12.2. The molecule has 2 aliphatic carbocycles. The van der Waals surface area contributed by atoms with Gasteiger partial charge in [0.15, 0.2) is 0 Å². The van der Waals surface area contributed by atoms with Gasteiger partial charge in [-0.3, -0.25) is 0 Å². The zero-order valence-corrected chi connectivity index (χ0v) is 24.6. The first-order chi connectivity index (χ1) is 20.9. The fourth-order valence-corrected chi connectivity index (χ4v) is 6.97. The fraction of sp³-hybridized carbons (Fsp3) is 0.303. The number of carboxylic acid groups (broad SMARTS) is 1. The van der Waals surface area contributed by atoms with Crippen LogP contribution in [-0.4, -0.2) is 45.4 Å². The smallest absolute Gasteiger partial charge is 0.336 e. The van der Waals surface area contributed by atoms with Gasteiger partial charge in [0.05, 0.1) is 28.3 Å². The van der Waals surface area contributed by atoms with E-state index in [0.717, 1.165) is 49.0 Å². The molecular formula is C33H29Cl2N3O5. The fourth-order valence-electron chi connectivity index (χ4n) is 6.39. The van der Waals surface area contributed by atoms with Gasteiger partial charge in [-0.25, -0.2) is 9.59 Å². The molecule has 4 fully saturated rings. The number of hydrogen-bond acceptors (Lipinski definition) is 5. The predicted molar refractivity (Wildman–Crippen MR) is 164 cm³/mol. The van der Waals surface area contributed by atoms with Crippen molar-refractivity contribution in [2.45, 2.75) is 62.8 Å². The Hall–Kier alpha value is -3.85. The topological polar surface area (TPSA) is 105 Å². The molecule has 1 aromatic heterocycles. The number of carbonyl (C=O) groups is 2. The number of fused-ring (bicyclic) bond motifs is 2. The van der Waals surface area contributed by atoms with Crippen molar-refractivity contribution in [1.82, 2.24) is 10.1 Å². The maximum Gasteiger partial charge on any atom is 0.336 e. The summed E-state index contributed by atoms with van der Waals surface area (Å²) in [4.78, 5) is 27.0. The van der Waals surface area contributed by atoms with E-state index in [1.165, 1.54) is 6.07 Å². The van der Waals surface area contributed by atoms with E-state index < -0.39 is 5.97 Å². The minimum atomic E-state index is -1.02. The van der Waals surface area contributed by atoms with Gasteiger partial charge in [-0.1, -0.05) is 64.8 Å². The van der Waals surface area contributed by atoms with Crippen LogP contribution < -0.4 is 5.32 Å². The second-order valence-electron chi connectivity index (χ2n) is 11.5. The molecule has 220 valence electrons. The number of benzene rings is 3.